The highest BCUT2D eigenvalue weighted by Crippen LogP contribution is 2.17. The topological polar surface area (TPSA) is 46.0 Å². The monoisotopic (exact) mass is 302 g/mol. The van der Waals surface area contributed by atoms with Crippen LogP contribution in [0.5, 0.6) is 0 Å². The van der Waals surface area contributed by atoms with Gasteiger partial charge < -0.3 is 0 Å². The second-order valence-corrected chi connectivity index (χ2v) is 5.04. The van der Waals surface area contributed by atoms with Crippen LogP contribution in [0.3, 0.4) is 0 Å². The van der Waals surface area contributed by atoms with Crippen LogP contribution in [0, 0.1) is 11.7 Å². The molecule has 0 spiro atoms. The molecular formula is C8H7BrN4S2. The molecule has 1 N–H and O–H groups in total. The van der Waals surface area contributed by atoms with Crippen molar-refractivity contribution >= 4 is 45.7 Å². The number of nitrogens with zero attached hydrogens (tertiary/aromatic N) is 3. The molecule has 78 valence electrons. The number of H-pyrrole nitrogens is 1. The summed E-state index contributed by atoms with van der Waals surface area (Å²) in [4.78, 5) is 1.06. The highest BCUT2D eigenvalue weighted by Gasteiger charge is 1.98. The maximum absolute atomic E-state index is 5.02. The fraction of sp³-hybridized carbons (Fsp3) is 0.125. The molecule has 2 aromatic heterocycles. The largest absolute Gasteiger partial charge is 0.250 e. The van der Waals surface area contributed by atoms with Gasteiger partial charge in [0.1, 0.15) is 5.82 Å². The van der Waals surface area contributed by atoms with Crippen molar-refractivity contribution in [1.82, 2.24) is 14.9 Å². The van der Waals surface area contributed by atoms with Gasteiger partial charge >= 0.3 is 0 Å². The molecule has 0 unspecified atom stereocenters. The Labute approximate surface area is 104 Å². The predicted molar refractivity (Wildman–Crippen MR) is 67.2 cm³/mol. The van der Waals surface area contributed by atoms with Crippen molar-refractivity contribution in [2.45, 2.75) is 6.92 Å². The fourth-order valence-corrected chi connectivity index (χ4v) is 2.54. The van der Waals surface area contributed by atoms with Crippen LogP contribution in [0.2, 0.25) is 0 Å². The van der Waals surface area contributed by atoms with E-state index in [1.807, 2.05) is 18.4 Å². The number of thiophene rings is 1. The molecule has 0 aliphatic carbocycles. The summed E-state index contributed by atoms with van der Waals surface area (Å²) in [7, 11) is 0. The Kier molecular flexibility index (Phi) is 3.13. The van der Waals surface area contributed by atoms with Crippen LogP contribution in [-0.2, 0) is 0 Å². The first kappa shape index (κ1) is 10.7. The minimum atomic E-state index is 0.499. The van der Waals surface area contributed by atoms with E-state index in [0.717, 1.165) is 15.2 Å². The molecular weight excluding hydrogens is 296 g/mol. The Balaban J connectivity index is 2.29. The lowest BCUT2D eigenvalue weighted by molar-refractivity contribution is 0.821. The second kappa shape index (κ2) is 4.38. The van der Waals surface area contributed by atoms with Gasteiger partial charge in [0.05, 0.1) is 6.21 Å². The molecule has 0 saturated carbocycles. The van der Waals surface area contributed by atoms with Crippen molar-refractivity contribution in [1.29, 1.82) is 0 Å². The maximum Gasteiger partial charge on any atom is 0.216 e. The van der Waals surface area contributed by atoms with Crippen molar-refractivity contribution in [3.63, 3.8) is 0 Å². The zero-order valence-electron chi connectivity index (χ0n) is 7.77. The van der Waals surface area contributed by atoms with E-state index in [9.17, 15) is 0 Å². The first-order chi connectivity index (χ1) is 7.16. The highest BCUT2D eigenvalue weighted by molar-refractivity contribution is 9.10. The van der Waals surface area contributed by atoms with E-state index in [2.05, 4.69) is 31.2 Å². The quantitative estimate of drug-likeness (QED) is 0.685. The average molecular weight is 303 g/mol. The van der Waals surface area contributed by atoms with Crippen LogP contribution < -0.4 is 0 Å². The maximum atomic E-state index is 5.02. The Morgan fingerprint density at radius 1 is 1.73 bits per heavy atom. The first-order valence-electron chi connectivity index (χ1n) is 4.09. The molecule has 0 atom stereocenters. The van der Waals surface area contributed by atoms with Gasteiger partial charge in [0, 0.05) is 14.7 Å². The summed E-state index contributed by atoms with van der Waals surface area (Å²) in [6.07, 6.45) is 1.76. The number of aromatic nitrogens is 3. The zero-order chi connectivity index (χ0) is 10.8. The fourth-order valence-electron chi connectivity index (χ4n) is 1.02. The molecule has 2 rings (SSSR count). The minimum absolute atomic E-state index is 0.499. The lowest BCUT2D eigenvalue weighted by Gasteiger charge is -1.91. The van der Waals surface area contributed by atoms with Crippen molar-refractivity contribution in [3.8, 4) is 0 Å². The van der Waals surface area contributed by atoms with Gasteiger partial charge in [-0.3, -0.25) is 5.10 Å². The lowest BCUT2D eigenvalue weighted by atomic mass is 10.5. The van der Waals surface area contributed by atoms with Gasteiger partial charge in [-0.15, -0.1) is 11.3 Å². The van der Waals surface area contributed by atoms with E-state index in [1.165, 1.54) is 0 Å². The molecule has 0 aliphatic rings. The number of halogens is 1. The number of rotatable bonds is 2. The molecule has 0 fully saturated rings. The van der Waals surface area contributed by atoms with Gasteiger partial charge in [0.25, 0.3) is 0 Å². The predicted octanol–water partition coefficient (Wildman–Crippen LogP) is 2.96. The van der Waals surface area contributed by atoms with Gasteiger partial charge in [-0.1, -0.05) is 0 Å². The molecule has 0 radical (unpaired) electrons. The van der Waals surface area contributed by atoms with Gasteiger partial charge in [0.2, 0.25) is 4.77 Å². The second-order valence-electron chi connectivity index (χ2n) is 2.80. The number of hydrogen-bond donors (Lipinski definition) is 1. The molecule has 0 bridgehead atoms. The standard InChI is InChI=1S/C8H7BrN4S2/c1-5-11-12-8(14)13(5)10-3-7-2-6(9)4-15-7/h2-4H,1H3,(H,12,14)/b10-3-. The summed E-state index contributed by atoms with van der Waals surface area (Å²) in [6.45, 7) is 1.84. The normalized spacial score (nSPS) is 11.3. The summed E-state index contributed by atoms with van der Waals surface area (Å²) in [6, 6.07) is 1.99. The van der Waals surface area contributed by atoms with Crippen molar-refractivity contribution in [2.75, 3.05) is 0 Å². The van der Waals surface area contributed by atoms with Crippen molar-refractivity contribution < 1.29 is 0 Å². The zero-order valence-corrected chi connectivity index (χ0v) is 11.0. The summed E-state index contributed by atoms with van der Waals surface area (Å²) < 4.78 is 3.14. The summed E-state index contributed by atoms with van der Waals surface area (Å²) in [5.74, 6) is 0.742. The lowest BCUT2D eigenvalue weighted by Crippen LogP contribution is -1.92. The van der Waals surface area contributed by atoms with Gasteiger partial charge in [-0.2, -0.15) is 14.9 Å². The molecule has 7 heteroatoms. The number of hydrogen-bond acceptors (Lipinski definition) is 4. The molecule has 4 nitrogen and oxygen atoms in total. The van der Waals surface area contributed by atoms with Crippen LogP contribution in [0.1, 0.15) is 10.7 Å². The van der Waals surface area contributed by atoms with Gasteiger partial charge in [-0.05, 0) is 41.1 Å². The molecule has 0 saturated heterocycles. The Bertz CT molecular complexity index is 551. The third-order valence-electron chi connectivity index (χ3n) is 1.70. The van der Waals surface area contributed by atoms with E-state index >= 15 is 0 Å². The average Bonchev–Trinajstić information content (AvgIpc) is 2.73. The van der Waals surface area contributed by atoms with E-state index in [1.54, 1.807) is 22.2 Å². The molecule has 0 aliphatic heterocycles. The van der Waals surface area contributed by atoms with E-state index < -0.39 is 0 Å². The molecule has 0 amide bonds. The first-order valence-corrected chi connectivity index (χ1v) is 6.17. The molecule has 0 aromatic carbocycles. The van der Waals surface area contributed by atoms with Gasteiger partial charge in [0.15, 0.2) is 0 Å². The Morgan fingerprint density at radius 2 is 2.53 bits per heavy atom. The van der Waals surface area contributed by atoms with Crippen molar-refractivity contribution in [2.24, 2.45) is 5.10 Å². The van der Waals surface area contributed by atoms with Crippen LogP contribution in [-0.4, -0.2) is 21.1 Å². The third kappa shape index (κ3) is 2.42. The third-order valence-corrected chi connectivity index (χ3v) is 3.59. The summed E-state index contributed by atoms with van der Waals surface area (Å²) in [5, 5.41) is 12.9. The van der Waals surface area contributed by atoms with E-state index in [-0.39, 0.29) is 0 Å². The molecule has 2 aromatic rings. The van der Waals surface area contributed by atoms with Crippen molar-refractivity contribution in [3.05, 3.63) is 31.4 Å². The molecule has 2 heterocycles. The Hall–Kier alpha value is -0.790. The summed E-state index contributed by atoms with van der Waals surface area (Å²) in [5.41, 5.74) is 0. The minimum Gasteiger partial charge on any atom is -0.250 e. The van der Waals surface area contributed by atoms with E-state index in [0.29, 0.717) is 4.77 Å². The number of aromatic amines is 1. The smallest absolute Gasteiger partial charge is 0.216 e. The van der Waals surface area contributed by atoms with Crippen LogP contribution >= 0.6 is 39.5 Å². The number of nitrogens with one attached hydrogen (secondary N) is 1. The Morgan fingerprint density at radius 3 is 3.07 bits per heavy atom. The highest BCUT2D eigenvalue weighted by atomic mass is 79.9. The van der Waals surface area contributed by atoms with Gasteiger partial charge in [-0.25, -0.2) is 0 Å². The molecule has 15 heavy (non-hydrogen) atoms. The SMILES string of the molecule is Cc1n[nH]c(=S)n1/N=C\c1cc(Br)cs1. The van der Waals surface area contributed by atoms with Crippen LogP contribution in [0.4, 0.5) is 0 Å². The summed E-state index contributed by atoms with van der Waals surface area (Å²) >= 11 is 10.0. The van der Waals surface area contributed by atoms with Crippen LogP contribution in [0.15, 0.2) is 21.0 Å². The van der Waals surface area contributed by atoms with E-state index in [4.69, 9.17) is 12.2 Å². The number of aryl methyl sites for hydroxylation is 1. The van der Waals surface area contributed by atoms with Crippen LogP contribution in [0.25, 0.3) is 0 Å².